The number of H-pyrrole nitrogens is 1. The second kappa shape index (κ2) is 6.55. The summed E-state index contributed by atoms with van der Waals surface area (Å²) in [4.78, 5) is 7.99. The monoisotopic (exact) mass is 308 g/mol. The fourth-order valence-corrected chi connectivity index (χ4v) is 1.99. The van der Waals surface area contributed by atoms with Gasteiger partial charge in [-0.25, -0.2) is 9.97 Å². The van der Waals surface area contributed by atoms with Gasteiger partial charge < -0.3 is 15.2 Å². The lowest BCUT2D eigenvalue weighted by Gasteiger charge is -2.03. The van der Waals surface area contributed by atoms with Crippen molar-refractivity contribution in [1.29, 1.82) is 5.26 Å². The number of aliphatic hydroxyl groups excluding tert-OH is 1. The molecule has 0 bridgehead atoms. The summed E-state index contributed by atoms with van der Waals surface area (Å²) in [5.41, 5.74) is 1.78. The van der Waals surface area contributed by atoms with Crippen LogP contribution in [0.2, 0.25) is 0 Å². The van der Waals surface area contributed by atoms with E-state index in [1.165, 1.54) is 12.4 Å². The van der Waals surface area contributed by atoms with Crippen molar-refractivity contribution >= 4 is 11.6 Å². The number of aliphatic hydroxyl groups is 1. The molecule has 3 N–H and O–H groups in total. The van der Waals surface area contributed by atoms with Crippen LogP contribution in [-0.4, -0.2) is 32.1 Å². The lowest BCUT2D eigenvalue weighted by atomic mass is 10.1. The van der Waals surface area contributed by atoms with Gasteiger partial charge in [-0.15, -0.1) is 0 Å². The van der Waals surface area contributed by atoms with E-state index in [0.717, 1.165) is 11.3 Å². The standard InChI is InChI=1S/C15H12N6O2/c16-8-13-15(18-5-4-17-13)19-14-7-12(20-21-14)10-2-1-3-11(6-10)23-9-22/h1-7,22H,9H2,(H2,18,19,20,21). The van der Waals surface area contributed by atoms with Crippen LogP contribution in [0.1, 0.15) is 5.69 Å². The molecule has 0 fully saturated rings. The Balaban J connectivity index is 1.83. The number of aromatic amines is 1. The van der Waals surface area contributed by atoms with Crippen molar-refractivity contribution in [3.8, 4) is 23.1 Å². The van der Waals surface area contributed by atoms with E-state index in [-0.39, 0.29) is 12.5 Å². The number of aromatic nitrogens is 4. The molecule has 0 aliphatic heterocycles. The van der Waals surface area contributed by atoms with Crippen molar-refractivity contribution < 1.29 is 9.84 Å². The number of nitrogens with zero attached hydrogens (tertiary/aromatic N) is 4. The third-order valence-electron chi connectivity index (χ3n) is 3.00. The number of nitriles is 1. The summed E-state index contributed by atoms with van der Waals surface area (Å²) in [6.45, 7) is -0.386. The maximum absolute atomic E-state index is 9.01. The average molecular weight is 308 g/mol. The molecular weight excluding hydrogens is 296 g/mol. The first-order valence-electron chi connectivity index (χ1n) is 6.68. The van der Waals surface area contributed by atoms with E-state index in [9.17, 15) is 0 Å². The molecule has 0 unspecified atom stereocenters. The molecule has 23 heavy (non-hydrogen) atoms. The first-order valence-corrected chi connectivity index (χ1v) is 6.68. The molecule has 0 aliphatic carbocycles. The Labute approximate surface area is 131 Å². The van der Waals surface area contributed by atoms with Gasteiger partial charge in [-0.3, -0.25) is 5.10 Å². The van der Waals surface area contributed by atoms with E-state index >= 15 is 0 Å². The second-order valence-corrected chi connectivity index (χ2v) is 4.46. The molecule has 3 aromatic rings. The minimum Gasteiger partial charge on any atom is -0.468 e. The molecule has 0 aliphatic rings. The van der Waals surface area contributed by atoms with Crippen LogP contribution in [0.25, 0.3) is 11.3 Å². The summed E-state index contributed by atoms with van der Waals surface area (Å²) in [7, 11) is 0. The van der Waals surface area contributed by atoms with Crippen molar-refractivity contribution in [3.05, 3.63) is 48.4 Å². The van der Waals surface area contributed by atoms with Crippen LogP contribution in [0.5, 0.6) is 5.75 Å². The highest BCUT2D eigenvalue weighted by Gasteiger charge is 2.09. The SMILES string of the molecule is N#Cc1nccnc1Nc1cc(-c2cccc(OCO)c2)[nH]n1. The van der Waals surface area contributed by atoms with E-state index in [1.54, 1.807) is 18.2 Å². The first kappa shape index (κ1) is 14.5. The van der Waals surface area contributed by atoms with Gasteiger partial charge >= 0.3 is 0 Å². The van der Waals surface area contributed by atoms with Crippen LogP contribution >= 0.6 is 0 Å². The van der Waals surface area contributed by atoms with Crippen LogP contribution in [-0.2, 0) is 0 Å². The van der Waals surface area contributed by atoms with Crippen molar-refractivity contribution in [2.24, 2.45) is 0 Å². The number of ether oxygens (including phenoxy) is 1. The minimum absolute atomic E-state index is 0.190. The number of anilines is 2. The van der Waals surface area contributed by atoms with Crippen molar-refractivity contribution in [3.63, 3.8) is 0 Å². The molecule has 0 radical (unpaired) electrons. The first-order chi connectivity index (χ1) is 11.3. The summed E-state index contributed by atoms with van der Waals surface area (Å²) in [5, 5.41) is 27.8. The highest BCUT2D eigenvalue weighted by Crippen LogP contribution is 2.25. The summed E-state index contributed by atoms with van der Waals surface area (Å²) in [6, 6.07) is 10.9. The van der Waals surface area contributed by atoms with Crippen LogP contribution in [0.15, 0.2) is 42.7 Å². The normalized spacial score (nSPS) is 10.1. The molecule has 8 nitrogen and oxygen atoms in total. The Morgan fingerprint density at radius 3 is 2.96 bits per heavy atom. The zero-order chi connectivity index (χ0) is 16.1. The Morgan fingerprint density at radius 2 is 2.13 bits per heavy atom. The molecule has 114 valence electrons. The van der Waals surface area contributed by atoms with E-state index < -0.39 is 0 Å². The third-order valence-corrected chi connectivity index (χ3v) is 3.00. The van der Waals surface area contributed by atoms with Crippen LogP contribution in [0, 0.1) is 11.3 Å². The maximum Gasteiger partial charge on any atom is 0.186 e. The summed E-state index contributed by atoms with van der Waals surface area (Å²) in [6.07, 6.45) is 2.94. The van der Waals surface area contributed by atoms with Crippen molar-refractivity contribution in [2.75, 3.05) is 12.1 Å². The van der Waals surface area contributed by atoms with Gasteiger partial charge in [0.1, 0.15) is 11.8 Å². The van der Waals surface area contributed by atoms with Gasteiger partial charge in [0.2, 0.25) is 0 Å². The number of hydrogen-bond acceptors (Lipinski definition) is 7. The van der Waals surface area contributed by atoms with Gasteiger partial charge in [-0.05, 0) is 12.1 Å². The van der Waals surface area contributed by atoms with E-state index in [2.05, 4.69) is 25.5 Å². The molecular formula is C15H12N6O2. The quantitative estimate of drug-likeness (QED) is 0.615. The van der Waals surface area contributed by atoms with Crippen LogP contribution < -0.4 is 10.1 Å². The summed E-state index contributed by atoms with van der Waals surface area (Å²) >= 11 is 0. The highest BCUT2D eigenvalue weighted by molar-refractivity contribution is 5.67. The molecule has 0 atom stereocenters. The van der Waals surface area contributed by atoms with Gasteiger partial charge in [0.25, 0.3) is 0 Å². The Morgan fingerprint density at radius 1 is 1.26 bits per heavy atom. The molecule has 0 spiro atoms. The van der Waals surface area contributed by atoms with Crippen LogP contribution in [0.4, 0.5) is 11.6 Å². The fraction of sp³-hybridized carbons (Fsp3) is 0.0667. The summed E-state index contributed by atoms with van der Waals surface area (Å²) < 4.78 is 5.05. The van der Waals surface area contributed by atoms with Gasteiger partial charge in [-0.2, -0.15) is 10.4 Å². The molecule has 1 aromatic carbocycles. The van der Waals surface area contributed by atoms with E-state index in [0.29, 0.717) is 17.4 Å². The Hall–Kier alpha value is -3.44. The van der Waals surface area contributed by atoms with Crippen molar-refractivity contribution in [2.45, 2.75) is 0 Å². The zero-order valence-electron chi connectivity index (χ0n) is 11.9. The molecule has 3 rings (SSSR count). The molecule has 0 saturated carbocycles. The van der Waals surface area contributed by atoms with E-state index in [4.69, 9.17) is 15.1 Å². The van der Waals surface area contributed by atoms with E-state index in [1.807, 2.05) is 18.2 Å². The van der Waals surface area contributed by atoms with Gasteiger partial charge in [0.15, 0.2) is 24.1 Å². The van der Waals surface area contributed by atoms with Gasteiger partial charge in [0.05, 0.1) is 5.69 Å². The lowest BCUT2D eigenvalue weighted by Crippen LogP contribution is -1.98. The van der Waals surface area contributed by atoms with Crippen molar-refractivity contribution in [1.82, 2.24) is 20.2 Å². The molecule has 2 heterocycles. The third kappa shape index (κ3) is 3.25. The number of hydrogen-bond donors (Lipinski definition) is 3. The average Bonchev–Trinajstić information content (AvgIpc) is 3.05. The molecule has 2 aromatic heterocycles. The van der Waals surface area contributed by atoms with Gasteiger partial charge in [0, 0.05) is 24.0 Å². The predicted octanol–water partition coefficient (Wildman–Crippen LogP) is 1.81. The molecule has 0 saturated heterocycles. The highest BCUT2D eigenvalue weighted by atomic mass is 16.6. The topological polar surface area (TPSA) is 120 Å². The number of nitrogens with one attached hydrogen (secondary N) is 2. The van der Waals surface area contributed by atoms with Gasteiger partial charge in [-0.1, -0.05) is 12.1 Å². The van der Waals surface area contributed by atoms with Crippen LogP contribution in [0.3, 0.4) is 0 Å². The molecule has 8 heteroatoms. The summed E-state index contributed by atoms with van der Waals surface area (Å²) in [5.74, 6) is 1.39. The number of rotatable bonds is 5. The predicted molar refractivity (Wildman–Crippen MR) is 81.8 cm³/mol. The lowest BCUT2D eigenvalue weighted by molar-refractivity contribution is 0.0986. The Kier molecular flexibility index (Phi) is 4.13. The smallest absolute Gasteiger partial charge is 0.186 e. The maximum atomic E-state index is 9.01. The Bertz CT molecular complexity index is 855. The molecule has 0 amide bonds. The largest absolute Gasteiger partial charge is 0.468 e. The minimum atomic E-state index is -0.386. The fourth-order valence-electron chi connectivity index (χ4n) is 1.99. The number of benzene rings is 1. The zero-order valence-corrected chi connectivity index (χ0v) is 11.9. The second-order valence-electron chi connectivity index (χ2n) is 4.46.